The molecule has 0 amide bonds. The van der Waals surface area contributed by atoms with E-state index in [1.165, 1.54) is 5.56 Å². The molecule has 114 valence electrons. The van der Waals surface area contributed by atoms with E-state index in [1.54, 1.807) is 0 Å². The van der Waals surface area contributed by atoms with Gasteiger partial charge in [0.15, 0.2) is 9.84 Å². The molecule has 2 atom stereocenters. The largest absolute Gasteiger partial charge is 0.310 e. The standard InChI is InChI=1S/C13H18N2O2S.2ClH/c16-18(17)9-12-13(10-18)15(7-6-14-12)8-11-4-2-1-3-5-11;;/h1-5,12-14H,6-10H2;2*1H. The number of fused-ring (bicyclic) bond motifs is 1. The van der Waals surface area contributed by atoms with Crippen LogP contribution in [-0.2, 0) is 16.4 Å². The number of sulfone groups is 1. The summed E-state index contributed by atoms with van der Waals surface area (Å²) in [5.41, 5.74) is 1.25. The second-order valence-electron chi connectivity index (χ2n) is 5.16. The number of hydrogen-bond acceptors (Lipinski definition) is 4. The van der Waals surface area contributed by atoms with E-state index in [0.29, 0.717) is 11.5 Å². The van der Waals surface area contributed by atoms with Gasteiger partial charge in [0.2, 0.25) is 0 Å². The molecule has 2 aliphatic heterocycles. The zero-order chi connectivity index (χ0) is 12.6. The van der Waals surface area contributed by atoms with Crippen LogP contribution < -0.4 is 5.32 Å². The minimum atomic E-state index is -2.86. The fraction of sp³-hybridized carbons (Fsp3) is 0.538. The number of nitrogens with zero attached hydrogens (tertiary/aromatic N) is 1. The Kier molecular flexibility index (Phi) is 6.28. The van der Waals surface area contributed by atoms with E-state index in [4.69, 9.17) is 0 Å². The SMILES string of the molecule is Cl.Cl.O=S1(=O)CC2NCCN(Cc3ccccc3)C2C1. The fourth-order valence-corrected chi connectivity index (χ4v) is 4.94. The van der Waals surface area contributed by atoms with Crippen molar-refractivity contribution in [3.8, 4) is 0 Å². The molecule has 0 aromatic heterocycles. The summed E-state index contributed by atoms with van der Waals surface area (Å²) in [6.07, 6.45) is 0. The average Bonchev–Trinajstić information content (AvgIpc) is 2.66. The summed E-state index contributed by atoms with van der Waals surface area (Å²) in [6.45, 7) is 2.65. The maximum atomic E-state index is 11.7. The first-order chi connectivity index (χ1) is 8.64. The van der Waals surface area contributed by atoms with Crippen LogP contribution in [0.5, 0.6) is 0 Å². The first kappa shape index (κ1) is 17.7. The van der Waals surface area contributed by atoms with Crippen LogP contribution in [0.4, 0.5) is 0 Å². The van der Waals surface area contributed by atoms with Gasteiger partial charge in [0, 0.05) is 31.7 Å². The van der Waals surface area contributed by atoms with Crippen LogP contribution in [0, 0.1) is 0 Å². The second kappa shape index (κ2) is 7.09. The topological polar surface area (TPSA) is 49.4 Å². The maximum absolute atomic E-state index is 11.7. The molecule has 2 aliphatic rings. The first-order valence-electron chi connectivity index (χ1n) is 6.36. The molecule has 20 heavy (non-hydrogen) atoms. The molecule has 0 spiro atoms. The lowest BCUT2D eigenvalue weighted by Gasteiger charge is -2.37. The molecule has 1 aromatic rings. The van der Waals surface area contributed by atoms with Crippen LogP contribution in [0.2, 0.25) is 0 Å². The van der Waals surface area contributed by atoms with Gasteiger partial charge in [0.05, 0.1) is 11.5 Å². The van der Waals surface area contributed by atoms with Crippen LogP contribution in [0.15, 0.2) is 30.3 Å². The van der Waals surface area contributed by atoms with Crippen molar-refractivity contribution >= 4 is 34.7 Å². The van der Waals surface area contributed by atoms with Crippen molar-refractivity contribution in [1.82, 2.24) is 10.2 Å². The maximum Gasteiger partial charge on any atom is 0.153 e. The van der Waals surface area contributed by atoms with Crippen molar-refractivity contribution < 1.29 is 8.42 Å². The van der Waals surface area contributed by atoms with E-state index in [-0.39, 0.29) is 36.9 Å². The number of rotatable bonds is 2. The van der Waals surface area contributed by atoms with Crippen LogP contribution in [-0.4, -0.2) is 50.0 Å². The molecule has 4 nitrogen and oxygen atoms in total. The predicted octanol–water partition coefficient (Wildman–Crippen LogP) is 1.10. The number of nitrogens with one attached hydrogen (secondary N) is 1. The summed E-state index contributed by atoms with van der Waals surface area (Å²) in [5.74, 6) is 0.598. The van der Waals surface area contributed by atoms with Gasteiger partial charge in [-0.1, -0.05) is 30.3 Å². The Balaban J connectivity index is 0.000001000. The fourth-order valence-electron chi connectivity index (χ4n) is 2.96. The van der Waals surface area contributed by atoms with E-state index in [1.807, 2.05) is 18.2 Å². The molecule has 2 unspecified atom stereocenters. The summed E-state index contributed by atoms with van der Waals surface area (Å²) in [6, 6.07) is 10.5. The average molecular weight is 339 g/mol. The van der Waals surface area contributed by atoms with Gasteiger partial charge in [0.25, 0.3) is 0 Å². The quantitative estimate of drug-likeness (QED) is 0.877. The van der Waals surface area contributed by atoms with Crippen molar-refractivity contribution in [3.05, 3.63) is 35.9 Å². The number of benzene rings is 1. The normalized spacial score (nSPS) is 28.0. The van der Waals surface area contributed by atoms with Gasteiger partial charge in [0.1, 0.15) is 0 Å². The third kappa shape index (κ3) is 3.86. The Labute approximate surface area is 132 Å². The monoisotopic (exact) mass is 338 g/mol. The lowest BCUT2D eigenvalue weighted by molar-refractivity contribution is 0.141. The smallest absolute Gasteiger partial charge is 0.153 e. The molecule has 0 bridgehead atoms. The molecule has 2 saturated heterocycles. The lowest BCUT2D eigenvalue weighted by Crippen LogP contribution is -2.56. The van der Waals surface area contributed by atoms with E-state index < -0.39 is 9.84 Å². The molecule has 2 heterocycles. The lowest BCUT2D eigenvalue weighted by atomic mass is 10.1. The zero-order valence-electron chi connectivity index (χ0n) is 11.1. The van der Waals surface area contributed by atoms with Gasteiger partial charge in [-0.05, 0) is 5.56 Å². The number of hydrogen-bond donors (Lipinski definition) is 1. The molecule has 0 saturated carbocycles. The third-order valence-corrected chi connectivity index (χ3v) is 5.54. The van der Waals surface area contributed by atoms with Gasteiger partial charge in [-0.3, -0.25) is 4.90 Å². The van der Waals surface area contributed by atoms with Crippen molar-refractivity contribution in [1.29, 1.82) is 0 Å². The van der Waals surface area contributed by atoms with Crippen LogP contribution in [0.25, 0.3) is 0 Å². The summed E-state index contributed by atoms with van der Waals surface area (Å²) in [5, 5.41) is 3.33. The highest BCUT2D eigenvalue weighted by atomic mass is 35.5. The molecule has 1 N–H and O–H groups in total. The minimum Gasteiger partial charge on any atom is -0.310 e. The van der Waals surface area contributed by atoms with Crippen molar-refractivity contribution in [3.63, 3.8) is 0 Å². The molecule has 3 rings (SSSR count). The van der Waals surface area contributed by atoms with Gasteiger partial charge in [-0.2, -0.15) is 0 Å². The molecular weight excluding hydrogens is 319 g/mol. The van der Waals surface area contributed by atoms with E-state index in [9.17, 15) is 8.42 Å². The van der Waals surface area contributed by atoms with Gasteiger partial charge >= 0.3 is 0 Å². The Hall–Kier alpha value is -0.330. The molecule has 0 aliphatic carbocycles. The summed E-state index contributed by atoms with van der Waals surface area (Å²) >= 11 is 0. The third-order valence-electron chi connectivity index (χ3n) is 3.83. The summed E-state index contributed by atoms with van der Waals surface area (Å²) in [7, 11) is -2.86. The summed E-state index contributed by atoms with van der Waals surface area (Å²) < 4.78 is 23.5. The van der Waals surface area contributed by atoms with Crippen LogP contribution >= 0.6 is 24.8 Å². The van der Waals surface area contributed by atoms with Crippen molar-refractivity contribution in [2.75, 3.05) is 24.6 Å². The van der Waals surface area contributed by atoms with E-state index in [0.717, 1.165) is 19.6 Å². The number of halogens is 2. The van der Waals surface area contributed by atoms with Gasteiger partial charge < -0.3 is 5.32 Å². The first-order valence-corrected chi connectivity index (χ1v) is 8.18. The van der Waals surface area contributed by atoms with Crippen LogP contribution in [0.1, 0.15) is 5.56 Å². The predicted molar refractivity (Wildman–Crippen MR) is 85.6 cm³/mol. The van der Waals surface area contributed by atoms with E-state index >= 15 is 0 Å². The Morgan fingerprint density at radius 2 is 1.85 bits per heavy atom. The molecule has 7 heteroatoms. The molecule has 2 fully saturated rings. The Morgan fingerprint density at radius 1 is 1.15 bits per heavy atom. The van der Waals surface area contributed by atoms with Crippen molar-refractivity contribution in [2.45, 2.75) is 18.6 Å². The Bertz CT molecular complexity index is 524. The van der Waals surface area contributed by atoms with E-state index in [2.05, 4.69) is 22.3 Å². The van der Waals surface area contributed by atoms with Crippen LogP contribution in [0.3, 0.4) is 0 Å². The highest BCUT2D eigenvalue weighted by Gasteiger charge is 2.42. The zero-order valence-corrected chi connectivity index (χ0v) is 13.5. The number of piperazine rings is 1. The summed E-state index contributed by atoms with van der Waals surface area (Å²) in [4.78, 5) is 2.31. The second-order valence-corrected chi connectivity index (χ2v) is 7.31. The van der Waals surface area contributed by atoms with Gasteiger partial charge in [-0.15, -0.1) is 24.8 Å². The molecule has 1 aromatic carbocycles. The Morgan fingerprint density at radius 3 is 2.55 bits per heavy atom. The highest BCUT2D eigenvalue weighted by molar-refractivity contribution is 7.91. The highest BCUT2D eigenvalue weighted by Crippen LogP contribution is 2.22. The molecule has 0 radical (unpaired) electrons. The minimum absolute atomic E-state index is 0. The van der Waals surface area contributed by atoms with Crippen molar-refractivity contribution in [2.24, 2.45) is 0 Å². The molecular formula is C13H20Cl2N2O2S. The van der Waals surface area contributed by atoms with Gasteiger partial charge in [-0.25, -0.2) is 8.42 Å².